The molecule has 3 aromatic rings. The number of carbonyl (C=O) groups is 3. The van der Waals surface area contributed by atoms with Gasteiger partial charge in [0.15, 0.2) is 0 Å². The Kier molecular flexibility index (Phi) is 13.6. The number of halogens is 1. The molecule has 44 heavy (non-hydrogen) atoms. The van der Waals surface area contributed by atoms with E-state index in [1.807, 2.05) is 54.6 Å². The van der Waals surface area contributed by atoms with Crippen molar-refractivity contribution in [1.82, 2.24) is 4.90 Å². The second kappa shape index (κ2) is 16.2. The van der Waals surface area contributed by atoms with E-state index >= 15 is 0 Å². The van der Waals surface area contributed by atoms with Crippen molar-refractivity contribution < 1.29 is 52.6 Å². The first-order valence-corrected chi connectivity index (χ1v) is 16.3. The summed E-state index contributed by atoms with van der Waals surface area (Å²) in [5, 5.41) is 3.31. The van der Waals surface area contributed by atoms with E-state index in [1.54, 1.807) is 41.5 Å². The van der Waals surface area contributed by atoms with Gasteiger partial charge in [0.1, 0.15) is 47.0 Å². The molecule has 1 atom stereocenters. The molecule has 3 aromatic carbocycles. The molecule has 0 saturated carbocycles. The third-order valence-electron chi connectivity index (χ3n) is 6.44. The lowest BCUT2D eigenvalue weighted by Gasteiger charge is -2.34. The molecule has 236 valence electrons. The second-order valence-electron chi connectivity index (χ2n) is 12.1. The van der Waals surface area contributed by atoms with Gasteiger partial charge >= 0.3 is 18.2 Å². The van der Waals surface area contributed by atoms with Crippen molar-refractivity contribution in [1.29, 1.82) is 0 Å². The third-order valence-corrected chi connectivity index (χ3v) is 10.9. The summed E-state index contributed by atoms with van der Waals surface area (Å²) in [5.41, 5.74) is -1.86. The van der Waals surface area contributed by atoms with Gasteiger partial charge in [-0.3, -0.25) is 0 Å². The monoisotopic (exact) mass is 731 g/mol. The molecule has 7 nitrogen and oxygen atoms in total. The van der Waals surface area contributed by atoms with Crippen LogP contribution in [0, 0.1) is 0 Å². The summed E-state index contributed by atoms with van der Waals surface area (Å²) in [6, 6.07) is 29.2. The molecule has 1 unspecified atom stereocenters. The Labute approximate surface area is 279 Å². The summed E-state index contributed by atoms with van der Waals surface area (Å²) >= 11 is 0. The Bertz CT molecular complexity index is 1250. The van der Waals surface area contributed by atoms with E-state index in [9.17, 15) is 14.4 Å². The number of hydrogen-bond acceptors (Lipinski definition) is 6. The predicted octanol–water partition coefficient (Wildman–Crippen LogP) is 3.64. The van der Waals surface area contributed by atoms with Gasteiger partial charge in [0, 0.05) is 6.42 Å². The molecule has 0 aromatic heterocycles. The van der Waals surface area contributed by atoms with Gasteiger partial charge < -0.3 is 38.2 Å². The van der Waals surface area contributed by atoms with Gasteiger partial charge in [-0.1, -0.05) is 67.3 Å². The number of rotatable bonds is 10. The van der Waals surface area contributed by atoms with Crippen molar-refractivity contribution in [3.05, 3.63) is 104 Å². The van der Waals surface area contributed by atoms with Crippen LogP contribution in [0.25, 0.3) is 0 Å². The number of carbonyl (C=O) groups excluding carboxylic acids is 3. The molecule has 0 spiro atoms. The molecule has 9 heteroatoms. The van der Waals surface area contributed by atoms with Crippen LogP contribution in [0.2, 0.25) is 0 Å². The number of benzene rings is 3. The van der Waals surface area contributed by atoms with E-state index in [0.717, 1.165) is 20.8 Å². The standard InChI is InChI=1S/C35H43NO6P.HI/c1-8-25-40-31(37)30(36(32(38)41-34(2,3)4)33(39)42-35(5,6)7)24-26-43(27-18-12-9-13-19-27,28-20-14-10-15-21-28)29-22-16-11-17-23-29;/h8-23,30H,1,24-26H2,2-7H3;1H/q+1;/p-1. The predicted molar refractivity (Wildman–Crippen MR) is 174 cm³/mol. The van der Waals surface area contributed by atoms with Crippen LogP contribution in [0.4, 0.5) is 9.59 Å². The molecule has 3 rings (SSSR count). The zero-order valence-electron chi connectivity index (χ0n) is 26.4. The number of imide groups is 1. The number of hydrogen-bond donors (Lipinski definition) is 0. The van der Waals surface area contributed by atoms with Crippen LogP contribution >= 0.6 is 7.26 Å². The maximum atomic E-state index is 13.7. The van der Waals surface area contributed by atoms with E-state index in [-0.39, 0.29) is 37.0 Å². The highest BCUT2D eigenvalue weighted by atomic mass is 127. The summed E-state index contributed by atoms with van der Waals surface area (Å²) in [7, 11) is -2.41. The molecule has 0 heterocycles. The van der Waals surface area contributed by atoms with Crippen molar-refractivity contribution in [3.8, 4) is 0 Å². The highest BCUT2D eigenvalue weighted by Crippen LogP contribution is 2.56. The van der Waals surface area contributed by atoms with Crippen LogP contribution in [0.1, 0.15) is 48.0 Å². The van der Waals surface area contributed by atoms with E-state index in [2.05, 4.69) is 43.0 Å². The fraction of sp³-hybridized carbons (Fsp3) is 0.343. The topological polar surface area (TPSA) is 82.1 Å². The highest BCUT2D eigenvalue weighted by Gasteiger charge is 2.48. The maximum absolute atomic E-state index is 13.7. The molecule has 0 aliphatic rings. The summed E-state index contributed by atoms with van der Waals surface area (Å²) < 4.78 is 16.7. The van der Waals surface area contributed by atoms with E-state index in [1.165, 1.54) is 6.08 Å². The van der Waals surface area contributed by atoms with Crippen LogP contribution in [0.15, 0.2) is 104 Å². The van der Waals surface area contributed by atoms with Crippen molar-refractivity contribution in [3.63, 3.8) is 0 Å². The quantitative estimate of drug-likeness (QED) is 0.104. The lowest BCUT2D eigenvalue weighted by molar-refractivity contribution is -0.148. The van der Waals surface area contributed by atoms with Gasteiger partial charge in [-0.2, -0.15) is 4.90 Å². The first kappa shape index (κ1) is 37.0. The first-order chi connectivity index (χ1) is 20.3. The molecule has 0 N–H and O–H groups in total. The van der Waals surface area contributed by atoms with E-state index in [4.69, 9.17) is 14.2 Å². The Morgan fingerprint density at radius 2 is 1.09 bits per heavy atom. The normalized spacial score (nSPS) is 12.2. The minimum absolute atomic E-state index is 0. The minimum atomic E-state index is -2.41. The summed E-state index contributed by atoms with van der Waals surface area (Å²) in [4.78, 5) is 41.7. The molecule has 0 saturated heterocycles. The van der Waals surface area contributed by atoms with Crippen LogP contribution in [-0.2, 0) is 19.0 Å². The Morgan fingerprint density at radius 3 is 1.41 bits per heavy atom. The SMILES string of the molecule is C=CCOC(=O)C(CC[P+](c1ccccc1)(c1ccccc1)c1ccccc1)N(C(=O)OC(C)(C)C)C(=O)OC(C)(C)C.[I-]. The molecule has 0 radical (unpaired) electrons. The Balaban J connectivity index is 0.00000675. The van der Waals surface area contributed by atoms with Gasteiger partial charge in [0.05, 0.1) is 6.16 Å². The van der Waals surface area contributed by atoms with E-state index in [0.29, 0.717) is 6.16 Å². The zero-order valence-corrected chi connectivity index (χ0v) is 29.4. The van der Waals surface area contributed by atoms with Crippen molar-refractivity contribution >= 4 is 41.3 Å². The summed E-state index contributed by atoms with van der Waals surface area (Å²) in [6.45, 7) is 13.7. The molecule has 0 bridgehead atoms. The second-order valence-corrected chi connectivity index (χ2v) is 15.7. The van der Waals surface area contributed by atoms with E-state index < -0.39 is 42.7 Å². The molecular formula is C35H43INO6P. The fourth-order valence-corrected chi connectivity index (χ4v) is 9.08. The summed E-state index contributed by atoms with van der Waals surface area (Å²) in [6.07, 6.45) is 0.0212. The zero-order chi connectivity index (χ0) is 31.7. The number of ether oxygens (including phenoxy) is 3. The average Bonchev–Trinajstić information content (AvgIpc) is 2.95. The average molecular weight is 732 g/mol. The van der Waals surface area contributed by atoms with Gasteiger partial charge in [0.2, 0.25) is 0 Å². The third kappa shape index (κ3) is 9.89. The molecule has 0 aliphatic carbocycles. The Hall–Kier alpha value is -3.23. The number of nitrogens with zero attached hydrogens (tertiary/aromatic N) is 1. The van der Waals surface area contributed by atoms with Gasteiger partial charge in [-0.25, -0.2) is 14.4 Å². The lowest BCUT2D eigenvalue weighted by atomic mass is 10.2. The fourth-order valence-electron chi connectivity index (χ4n) is 4.74. The van der Waals surface area contributed by atoms with Crippen LogP contribution < -0.4 is 39.9 Å². The Morgan fingerprint density at radius 1 is 0.727 bits per heavy atom. The molecule has 0 aliphatic heterocycles. The van der Waals surface area contributed by atoms with Gasteiger partial charge in [-0.15, -0.1) is 0 Å². The largest absolute Gasteiger partial charge is 1.00 e. The van der Waals surface area contributed by atoms with Crippen molar-refractivity contribution in [2.24, 2.45) is 0 Å². The molecular weight excluding hydrogens is 688 g/mol. The number of amides is 2. The number of esters is 1. The molecule has 0 fully saturated rings. The van der Waals surface area contributed by atoms with Gasteiger partial charge in [0.25, 0.3) is 0 Å². The van der Waals surface area contributed by atoms with Crippen molar-refractivity contribution in [2.45, 2.75) is 65.2 Å². The minimum Gasteiger partial charge on any atom is -1.00 e. The van der Waals surface area contributed by atoms with Crippen LogP contribution in [0.3, 0.4) is 0 Å². The van der Waals surface area contributed by atoms with Crippen molar-refractivity contribution in [2.75, 3.05) is 12.8 Å². The maximum Gasteiger partial charge on any atom is 0.420 e. The van der Waals surface area contributed by atoms with Crippen LogP contribution in [0.5, 0.6) is 0 Å². The van der Waals surface area contributed by atoms with Crippen LogP contribution in [-0.4, -0.2) is 53.1 Å². The highest BCUT2D eigenvalue weighted by molar-refractivity contribution is 7.95. The van der Waals surface area contributed by atoms with Gasteiger partial charge in [-0.05, 0) is 77.9 Å². The molecule has 2 amide bonds. The smallest absolute Gasteiger partial charge is 0.420 e. The first-order valence-electron chi connectivity index (χ1n) is 14.4. The lowest BCUT2D eigenvalue weighted by Crippen LogP contribution is -3.00. The summed E-state index contributed by atoms with van der Waals surface area (Å²) in [5.74, 6) is -0.746.